The number of hydrogen-bond acceptors (Lipinski definition) is 5. The topological polar surface area (TPSA) is 79.2 Å². The Bertz CT molecular complexity index is 795. The molecule has 1 aromatic carbocycles. The zero-order valence-electron chi connectivity index (χ0n) is 15.1. The van der Waals surface area contributed by atoms with Gasteiger partial charge in [0.05, 0.1) is 11.5 Å². The number of amides is 1. The van der Waals surface area contributed by atoms with E-state index in [1.165, 1.54) is 18.3 Å². The van der Waals surface area contributed by atoms with E-state index in [-0.39, 0.29) is 5.92 Å². The number of carbonyl (C=O) groups is 2. The Kier molecular flexibility index (Phi) is 6.93. The predicted octanol–water partition coefficient (Wildman–Crippen LogP) is 4.32. The average Bonchev–Trinajstić information content (AvgIpc) is 3.09. The zero-order valence-corrected chi connectivity index (χ0v) is 15.9. The van der Waals surface area contributed by atoms with E-state index in [2.05, 4.69) is 5.32 Å². The third kappa shape index (κ3) is 4.70. The number of benzene rings is 1. The van der Waals surface area contributed by atoms with E-state index in [9.17, 15) is 9.59 Å². The Balaban J connectivity index is 2.08. The molecule has 0 saturated carbocycles. The molecular formula is C20H22N2O3S. The molecule has 3 atom stereocenters. The smallest absolute Gasteiger partial charge is 0.314 e. The fourth-order valence-electron chi connectivity index (χ4n) is 2.60. The van der Waals surface area contributed by atoms with E-state index < -0.39 is 23.9 Å². The van der Waals surface area contributed by atoms with Crippen molar-refractivity contribution in [3.05, 3.63) is 52.9 Å². The van der Waals surface area contributed by atoms with E-state index >= 15 is 0 Å². The van der Waals surface area contributed by atoms with Gasteiger partial charge in [0.15, 0.2) is 6.10 Å². The maximum atomic E-state index is 12.7. The van der Waals surface area contributed by atoms with Gasteiger partial charge < -0.3 is 10.1 Å². The standard InChI is InChI=1S/C20H22N2O3S/c1-4-13(2)17(15-8-6-5-7-9-15)20(24)25-14(3)18(23)22-19-16(12-21)10-11-26-19/h5-11,13-14,17H,4H2,1-3H3,(H,22,23)/t13-,14+,17+/m1/s1. The third-order valence-electron chi connectivity index (χ3n) is 4.31. The van der Waals surface area contributed by atoms with E-state index in [0.717, 1.165) is 12.0 Å². The van der Waals surface area contributed by atoms with E-state index in [1.807, 2.05) is 50.2 Å². The molecule has 6 heteroatoms. The van der Waals surface area contributed by atoms with Crippen LogP contribution in [0.4, 0.5) is 5.00 Å². The number of nitriles is 1. The Hall–Kier alpha value is -2.65. The van der Waals surface area contributed by atoms with Crippen molar-refractivity contribution in [2.24, 2.45) is 5.92 Å². The molecule has 0 unspecified atom stereocenters. The molecule has 0 aliphatic carbocycles. The number of nitrogens with zero attached hydrogens (tertiary/aromatic N) is 1. The molecule has 0 bridgehead atoms. The Morgan fingerprint density at radius 1 is 1.23 bits per heavy atom. The van der Waals surface area contributed by atoms with Crippen LogP contribution in [0, 0.1) is 17.2 Å². The minimum absolute atomic E-state index is 0.0858. The van der Waals surface area contributed by atoms with E-state index in [4.69, 9.17) is 10.00 Å². The molecule has 1 amide bonds. The number of esters is 1. The maximum Gasteiger partial charge on any atom is 0.314 e. The van der Waals surface area contributed by atoms with Crippen LogP contribution in [0.3, 0.4) is 0 Å². The molecule has 1 N–H and O–H groups in total. The molecule has 0 aliphatic rings. The van der Waals surface area contributed by atoms with Crippen LogP contribution in [0.2, 0.25) is 0 Å². The molecule has 136 valence electrons. The largest absolute Gasteiger partial charge is 0.452 e. The Morgan fingerprint density at radius 3 is 2.54 bits per heavy atom. The molecule has 2 rings (SSSR count). The van der Waals surface area contributed by atoms with Crippen molar-refractivity contribution in [3.8, 4) is 6.07 Å². The molecule has 0 aliphatic heterocycles. The summed E-state index contributed by atoms with van der Waals surface area (Å²) in [5.74, 6) is -1.20. The van der Waals surface area contributed by atoms with Gasteiger partial charge in [-0.1, -0.05) is 50.6 Å². The average molecular weight is 370 g/mol. The van der Waals surface area contributed by atoms with E-state index in [1.54, 1.807) is 11.4 Å². The highest BCUT2D eigenvalue weighted by atomic mass is 32.1. The number of anilines is 1. The van der Waals surface area contributed by atoms with Gasteiger partial charge >= 0.3 is 5.97 Å². The summed E-state index contributed by atoms with van der Waals surface area (Å²) in [5.41, 5.74) is 1.27. The first-order valence-corrected chi connectivity index (χ1v) is 9.39. The highest BCUT2D eigenvalue weighted by molar-refractivity contribution is 7.14. The van der Waals surface area contributed by atoms with Crippen LogP contribution in [-0.4, -0.2) is 18.0 Å². The lowest BCUT2D eigenvalue weighted by Gasteiger charge is -2.23. The van der Waals surface area contributed by atoms with Crippen molar-refractivity contribution < 1.29 is 14.3 Å². The highest BCUT2D eigenvalue weighted by Crippen LogP contribution is 2.29. The molecule has 5 nitrogen and oxygen atoms in total. The third-order valence-corrected chi connectivity index (χ3v) is 5.14. The predicted molar refractivity (Wildman–Crippen MR) is 102 cm³/mol. The summed E-state index contributed by atoms with van der Waals surface area (Å²) in [6.07, 6.45) is -0.137. The number of ether oxygens (including phenoxy) is 1. The molecule has 0 fully saturated rings. The second kappa shape index (κ2) is 9.16. The van der Waals surface area contributed by atoms with Crippen LogP contribution in [0.25, 0.3) is 0 Å². The van der Waals surface area contributed by atoms with Crippen LogP contribution < -0.4 is 5.32 Å². The quantitative estimate of drug-likeness (QED) is 0.736. The lowest BCUT2D eigenvalue weighted by atomic mass is 9.85. The summed E-state index contributed by atoms with van der Waals surface area (Å²) in [6.45, 7) is 5.55. The summed E-state index contributed by atoms with van der Waals surface area (Å²) >= 11 is 1.26. The molecule has 0 saturated heterocycles. The molecule has 0 radical (unpaired) electrons. The monoisotopic (exact) mass is 370 g/mol. The summed E-state index contributed by atoms with van der Waals surface area (Å²) < 4.78 is 5.44. The van der Waals surface area contributed by atoms with Gasteiger partial charge in [0.1, 0.15) is 11.1 Å². The summed E-state index contributed by atoms with van der Waals surface area (Å²) in [4.78, 5) is 25.1. The number of thiophene rings is 1. The number of carbonyl (C=O) groups excluding carboxylic acids is 2. The van der Waals surface area contributed by atoms with Gasteiger partial charge in [-0.15, -0.1) is 11.3 Å². The van der Waals surface area contributed by atoms with E-state index in [0.29, 0.717) is 10.6 Å². The van der Waals surface area contributed by atoms with Crippen molar-refractivity contribution in [1.29, 1.82) is 5.26 Å². The van der Waals surface area contributed by atoms with Gasteiger partial charge in [-0.25, -0.2) is 0 Å². The van der Waals surface area contributed by atoms with Crippen molar-refractivity contribution in [2.45, 2.75) is 39.2 Å². The number of nitrogens with one attached hydrogen (secondary N) is 1. The zero-order chi connectivity index (χ0) is 19.1. The van der Waals surface area contributed by atoms with Crippen molar-refractivity contribution in [2.75, 3.05) is 5.32 Å². The number of rotatable bonds is 7. The first kappa shape index (κ1) is 19.7. The fraction of sp³-hybridized carbons (Fsp3) is 0.350. The van der Waals surface area contributed by atoms with Crippen molar-refractivity contribution in [1.82, 2.24) is 0 Å². The van der Waals surface area contributed by atoms with Crippen LogP contribution in [0.5, 0.6) is 0 Å². The lowest BCUT2D eigenvalue weighted by molar-refractivity contribution is -0.155. The fourth-order valence-corrected chi connectivity index (χ4v) is 3.34. The van der Waals surface area contributed by atoms with Crippen LogP contribution in [0.15, 0.2) is 41.8 Å². The first-order chi connectivity index (χ1) is 12.5. The van der Waals surface area contributed by atoms with Gasteiger partial charge in [-0.05, 0) is 29.9 Å². The Labute approximate surface area is 157 Å². The summed E-state index contributed by atoms with van der Waals surface area (Å²) in [5, 5.41) is 13.8. The molecule has 1 aromatic heterocycles. The normalized spacial score (nSPS) is 13.9. The van der Waals surface area contributed by atoms with Crippen LogP contribution in [-0.2, 0) is 14.3 Å². The summed E-state index contributed by atoms with van der Waals surface area (Å²) in [6, 6.07) is 13.1. The number of hydrogen-bond donors (Lipinski definition) is 1. The summed E-state index contributed by atoms with van der Waals surface area (Å²) in [7, 11) is 0. The van der Waals surface area contributed by atoms with Gasteiger partial charge in [0, 0.05) is 0 Å². The van der Waals surface area contributed by atoms with Gasteiger partial charge in [-0.2, -0.15) is 5.26 Å². The van der Waals surface area contributed by atoms with Crippen LogP contribution >= 0.6 is 11.3 Å². The minimum atomic E-state index is -0.952. The van der Waals surface area contributed by atoms with Crippen molar-refractivity contribution in [3.63, 3.8) is 0 Å². The minimum Gasteiger partial charge on any atom is -0.452 e. The first-order valence-electron chi connectivity index (χ1n) is 8.51. The SMILES string of the molecule is CC[C@@H](C)[C@H](C(=O)O[C@@H](C)C(=O)Nc1sccc1C#N)c1ccccc1. The van der Waals surface area contributed by atoms with Gasteiger partial charge in [0.25, 0.3) is 5.91 Å². The highest BCUT2D eigenvalue weighted by Gasteiger charge is 2.30. The maximum absolute atomic E-state index is 12.7. The molecule has 1 heterocycles. The Morgan fingerprint density at radius 2 is 1.92 bits per heavy atom. The van der Waals surface area contributed by atoms with Gasteiger partial charge in [0.2, 0.25) is 0 Å². The second-order valence-corrected chi connectivity index (χ2v) is 7.03. The molecule has 2 aromatic rings. The lowest BCUT2D eigenvalue weighted by Crippen LogP contribution is -2.33. The molecule has 0 spiro atoms. The van der Waals surface area contributed by atoms with Crippen LogP contribution in [0.1, 0.15) is 44.2 Å². The molecule has 26 heavy (non-hydrogen) atoms. The second-order valence-electron chi connectivity index (χ2n) is 6.12. The molecular weight excluding hydrogens is 348 g/mol. The van der Waals surface area contributed by atoms with Crippen molar-refractivity contribution >= 4 is 28.2 Å². The van der Waals surface area contributed by atoms with Gasteiger partial charge in [-0.3, -0.25) is 9.59 Å².